The van der Waals surface area contributed by atoms with Crippen molar-refractivity contribution in [2.24, 2.45) is 52.3 Å². The fourth-order valence-corrected chi connectivity index (χ4v) is 10.2. The first-order chi connectivity index (χ1) is 19.9. The number of hydrogen-bond donors (Lipinski definition) is 1. The van der Waals surface area contributed by atoms with Crippen LogP contribution >= 0.6 is 0 Å². The summed E-state index contributed by atoms with van der Waals surface area (Å²) < 4.78 is 11.1. The van der Waals surface area contributed by atoms with Gasteiger partial charge >= 0.3 is 5.97 Å². The van der Waals surface area contributed by atoms with Gasteiger partial charge in [0.05, 0.1) is 12.7 Å². The Morgan fingerprint density at radius 3 is 2.50 bits per heavy atom. The Morgan fingerprint density at radius 1 is 1.05 bits per heavy atom. The summed E-state index contributed by atoms with van der Waals surface area (Å²) in [6.45, 7) is 14.5. The lowest BCUT2D eigenvalue weighted by atomic mass is 9.46. The van der Waals surface area contributed by atoms with Gasteiger partial charge in [0.2, 0.25) is 0 Å². The number of esters is 1. The van der Waals surface area contributed by atoms with Gasteiger partial charge in [-0.2, -0.15) is 0 Å². The number of ether oxygens (including phenoxy) is 2. The average molecular weight is 579 g/mol. The van der Waals surface area contributed by atoms with Gasteiger partial charge in [-0.05, 0) is 116 Å². The number of hydrogen-bond acceptors (Lipinski definition) is 5. The van der Waals surface area contributed by atoms with Crippen LogP contribution in [0.3, 0.4) is 0 Å². The predicted molar refractivity (Wildman–Crippen MR) is 166 cm³/mol. The van der Waals surface area contributed by atoms with Crippen LogP contribution in [-0.4, -0.2) is 30.1 Å². The number of benzene rings is 1. The number of carbonyl (C=O) groups is 2. The molecular weight excluding hydrogens is 524 g/mol. The quantitative estimate of drug-likeness (QED) is 0.297. The number of rotatable bonds is 9. The minimum atomic E-state index is -0.416. The number of phenols is 1. The largest absolute Gasteiger partial charge is 0.504 e. The van der Waals surface area contributed by atoms with Crippen molar-refractivity contribution >= 4 is 11.8 Å². The highest BCUT2D eigenvalue weighted by molar-refractivity contribution is 5.95. The fourth-order valence-electron chi connectivity index (χ4n) is 10.2. The van der Waals surface area contributed by atoms with Crippen molar-refractivity contribution in [1.29, 1.82) is 0 Å². The van der Waals surface area contributed by atoms with E-state index in [1.165, 1.54) is 63.3 Å². The molecule has 3 saturated carbocycles. The van der Waals surface area contributed by atoms with Gasteiger partial charge < -0.3 is 14.6 Å². The Morgan fingerprint density at radius 2 is 1.81 bits per heavy atom. The van der Waals surface area contributed by atoms with Crippen molar-refractivity contribution in [2.45, 2.75) is 112 Å². The normalized spacial score (nSPS) is 35.5. The highest BCUT2D eigenvalue weighted by Gasteiger charge is 2.61. The third kappa shape index (κ3) is 5.43. The average Bonchev–Trinajstić information content (AvgIpc) is 3.31. The Labute approximate surface area is 253 Å². The fraction of sp³-hybridized carbons (Fsp3) is 0.730. The molecule has 9 atom stereocenters. The Hall–Kier alpha value is -2.30. The van der Waals surface area contributed by atoms with E-state index in [0.717, 1.165) is 31.1 Å². The number of allylic oxidation sites excluding steroid dienone is 1. The molecule has 0 saturated heterocycles. The van der Waals surface area contributed by atoms with E-state index in [1.54, 1.807) is 6.07 Å². The maximum Gasteiger partial charge on any atom is 0.338 e. The molecule has 3 fully saturated rings. The summed E-state index contributed by atoms with van der Waals surface area (Å²) in [5.41, 5.74) is 1.81. The van der Waals surface area contributed by atoms with Gasteiger partial charge in [-0.3, -0.25) is 4.79 Å². The summed E-state index contributed by atoms with van der Waals surface area (Å²) in [7, 11) is 1.46. The highest BCUT2D eigenvalue weighted by atomic mass is 16.5. The maximum absolute atomic E-state index is 13.9. The molecule has 0 aromatic heterocycles. The maximum atomic E-state index is 13.9. The van der Waals surface area contributed by atoms with Crippen LogP contribution in [0.5, 0.6) is 11.5 Å². The molecule has 0 radical (unpaired) electrons. The summed E-state index contributed by atoms with van der Waals surface area (Å²) in [5.74, 6) is 4.16. The first-order valence-electron chi connectivity index (χ1n) is 16.8. The number of methoxy groups -OCH3 is 1. The van der Waals surface area contributed by atoms with Crippen molar-refractivity contribution in [3.05, 3.63) is 35.4 Å². The molecule has 5 nitrogen and oxygen atoms in total. The zero-order valence-corrected chi connectivity index (χ0v) is 27.1. The molecule has 232 valence electrons. The van der Waals surface area contributed by atoms with E-state index in [-0.39, 0.29) is 34.4 Å². The molecule has 9 unspecified atom stereocenters. The molecule has 4 aliphatic carbocycles. The standard InChI is InChI=1S/C37H54O5/c1-8-24(22(2)3)10-9-23(4)28-12-13-29-34-30(16-18-37(28,29)6)36(5)17-15-27(20-26(36)21-32(34)39)42-35(40)25-11-14-31(38)33(19-25)41-7/h11,14,19,21-24,27-30,34,38H,8-10,12-13,15-18,20H2,1-7H3. The van der Waals surface area contributed by atoms with Gasteiger partial charge in [0.25, 0.3) is 0 Å². The predicted octanol–water partition coefficient (Wildman–Crippen LogP) is 8.78. The molecule has 0 aliphatic heterocycles. The molecule has 1 aromatic carbocycles. The van der Waals surface area contributed by atoms with Crippen LogP contribution in [0.1, 0.15) is 116 Å². The second-order valence-corrected chi connectivity index (χ2v) is 15.1. The summed E-state index contributed by atoms with van der Waals surface area (Å²) in [6, 6.07) is 4.52. The van der Waals surface area contributed by atoms with Crippen LogP contribution in [0, 0.1) is 52.3 Å². The van der Waals surface area contributed by atoms with E-state index in [2.05, 4.69) is 41.5 Å². The number of aromatic hydroxyl groups is 1. The lowest BCUT2D eigenvalue weighted by Crippen LogP contribution is -2.53. The number of ketones is 1. The first kappa shape index (κ1) is 31.1. The Balaban J connectivity index is 1.28. The minimum absolute atomic E-state index is 0.000114. The van der Waals surface area contributed by atoms with Crippen molar-refractivity contribution in [3.8, 4) is 11.5 Å². The van der Waals surface area contributed by atoms with Gasteiger partial charge in [0, 0.05) is 12.3 Å². The molecule has 0 spiro atoms. The van der Waals surface area contributed by atoms with Gasteiger partial charge in [0.1, 0.15) is 6.10 Å². The molecule has 1 N–H and O–H groups in total. The Bertz CT molecular complexity index is 1200. The van der Waals surface area contributed by atoms with Crippen LogP contribution in [0.4, 0.5) is 0 Å². The Kier molecular flexibility index (Phi) is 8.90. The zero-order valence-electron chi connectivity index (χ0n) is 27.1. The molecule has 5 heteroatoms. The molecule has 0 amide bonds. The SMILES string of the molecule is CCC(CCC(C)C1CCC2C3C(=O)C=C4CC(OC(=O)c5ccc(O)c(OC)c5)CCC4(C)C3CCC12C)C(C)C. The lowest BCUT2D eigenvalue weighted by Gasteiger charge is -2.57. The van der Waals surface area contributed by atoms with Gasteiger partial charge in [-0.1, -0.05) is 60.0 Å². The van der Waals surface area contributed by atoms with Crippen LogP contribution < -0.4 is 4.74 Å². The van der Waals surface area contributed by atoms with E-state index in [4.69, 9.17) is 9.47 Å². The lowest BCUT2D eigenvalue weighted by molar-refractivity contribution is -0.135. The van der Waals surface area contributed by atoms with Crippen LogP contribution in [0.2, 0.25) is 0 Å². The highest BCUT2D eigenvalue weighted by Crippen LogP contribution is 2.66. The minimum Gasteiger partial charge on any atom is -0.504 e. The van der Waals surface area contributed by atoms with E-state index in [0.29, 0.717) is 41.4 Å². The first-order valence-corrected chi connectivity index (χ1v) is 16.8. The van der Waals surface area contributed by atoms with Crippen LogP contribution in [0.25, 0.3) is 0 Å². The third-order valence-corrected chi connectivity index (χ3v) is 12.8. The van der Waals surface area contributed by atoms with Crippen molar-refractivity contribution in [2.75, 3.05) is 7.11 Å². The molecule has 0 heterocycles. The van der Waals surface area contributed by atoms with E-state index >= 15 is 0 Å². The number of phenolic OH excluding ortho intramolecular Hbond substituents is 1. The van der Waals surface area contributed by atoms with Crippen LogP contribution in [0.15, 0.2) is 29.8 Å². The van der Waals surface area contributed by atoms with Gasteiger partial charge in [-0.25, -0.2) is 4.79 Å². The second kappa shape index (κ2) is 12.0. The number of carbonyl (C=O) groups excluding carboxylic acids is 2. The second-order valence-electron chi connectivity index (χ2n) is 15.1. The molecule has 0 bridgehead atoms. The topological polar surface area (TPSA) is 72.8 Å². The van der Waals surface area contributed by atoms with E-state index in [1.807, 2.05) is 6.08 Å². The van der Waals surface area contributed by atoms with Crippen molar-refractivity contribution < 1.29 is 24.2 Å². The summed E-state index contributed by atoms with van der Waals surface area (Å²) in [5, 5.41) is 9.88. The number of fused-ring (bicyclic) bond motifs is 5. The molecule has 1 aromatic rings. The zero-order chi connectivity index (χ0) is 30.4. The van der Waals surface area contributed by atoms with E-state index < -0.39 is 5.97 Å². The van der Waals surface area contributed by atoms with Crippen molar-refractivity contribution in [1.82, 2.24) is 0 Å². The molecule has 5 rings (SSSR count). The van der Waals surface area contributed by atoms with Crippen molar-refractivity contribution in [3.63, 3.8) is 0 Å². The molecular formula is C37H54O5. The molecule has 42 heavy (non-hydrogen) atoms. The summed E-state index contributed by atoms with van der Waals surface area (Å²) >= 11 is 0. The summed E-state index contributed by atoms with van der Waals surface area (Å²) in [4.78, 5) is 26.9. The smallest absolute Gasteiger partial charge is 0.338 e. The third-order valence-electron chi connectivity index (χ3n) is 12.8. The van der Waals surface area contributed by atoms with E-state index in [9.17, 15) is 14.7 Å². The van der Waals surface area contributed by atoms with Gasteiger partial charge in [-0.15, -0.1) is 0 Å². The monoisotopic (exact) mass is 578 g/mol. The molecule has 4 aliphatic rings. The summed E-state index contributed by atoms with van der Waals surface area (Å²) in [6.07, 6.45) is 12.8. The van der Waals surface area contributed by atoms with Gasteiger partial charge in [0.15, 0.2) is 17.3 Å². The van der Waals surface area contributed by atoms with Crippen LogP contribution in [-0.2, 0) is 9.53 Å².